The van der Waals surface area contributed by atoms with Crippen LogP contribution in [0.3, 0.4) is 0 Å². The average Bonchev–Trinajstić information content (AvgIpc) is 3.83. The molecule has 0 radical (unpaired) electrons. The molecule has 0 bridgehead atoms. The molecule has 44 heavy (non-hydrogen) atoms. The van der Waals surface area contributed by atoms with Gasteiger partial charge in [-0.05, 0) is 50.8 Å². The predicted octanol–water partition coefficient (Wildman–Crippen LogP) is 2.74. The Morgan fingerprint density at radius 2 is 1.57 bits per heavy atom. The number of rotatable bonds is 18. The van der Waals surface area contributed by atoms with Crippen LogP contribution in [0.15, 0.2) is 30.3 Å². The standard InChI is InChI=1S/C35H54N4O5/c1-5-12-29(35(44)37-30(22-26-15-10-7-11-16-26)33(42)31(40)23-27-17-18-27)36-34(43)28(21-25-13-8-6-9-14-25)24-32(41)39(4)20-19-38(2)3/h1,6,8-9,13-14,26-31,33,40,42H,7,10-12,15-24H2,2-4H3,(H,36,43)(H,37,44)/t28?,29-,30?,31-,33+/m0/s1. The maximum absolute atomic E-state index is 13.7. The summed E-state index contributed by atoms with van der Waals surface area (Å²) >= 11 is 0. The van der Waals surface area contributed by atoms with Crippen molar-refractivity contribution in [3.8, 4) is 12.3 Å². The molecule has 1 aromatic rings. The van der Waals surface area contributed by atoms with Crippen LogP contribution in [-0.2, 0) is 20.8 Å². The van der Waals surface area contributed by atoms with Crippen LogP contribution < -0.4 is 10.6 Å². The van der Waals surface area contributed by atoms with Gasteiger partial charge in [-0.1, -0.05) is 75.3 Å². The van der Waals surface area contributed by atoms with Crippen LogP contribution in [0.2, 0.25) is 0 Å². The van der Waals surface area contributed by atoms with Crippen LogP contribution in [0, 0.1) is 30.1 Å². The average molecular weight is 611 g/mol. The lowest BCUT2D eigenvalue weighted by Gasteiger charge is -2.33. The summed E-state index contributed by atoms with van der Waals surface area (Å²) in [6.45, 7) is 1.23. The molecule has 0 spiro atoms. The zero-order valence-corrected chi connectivity index (χ0v) is 26.9. The van der Waals surface area contributed by atoms with Gasteiger partial charge in [0.1, 0.15) is 12.1 Å². The van der Waals surface area contributed by atoms with E-state index in [-0.39, 0.29) is 18.7 Å². The number of amides is 3. The zero-order valence-electron chi connectivity index (χ0n) is 26.9. The van der Waals surface area contributed by atoms with Gasteiger partial charge in [-0.2, -0.15) is 0 Å². The minimum absolute atomic E-state index is 0.00851. The minimum atomic E-state index is -1.11. The Kier molecular flexibility index (Phi) is 14.7. The molecule has 2 saturated carbocycles. The summed E-state index contributed by atoms with van der Waals surface area (Å²) in [7, 11) is 5.60. The SMILES string of the molecule is C#CC[C@H](NC(=O)C(CC(=O)N(C)CCN(C)C)Cc1ccccc1)C(=O)NC(CC1CCCCC1)[C@@H](O)[C@@H](O)CC1CC1. The maximum atomic E-state index is 13.7. The first-order valence-electron chi connectivity index (χ1n) is 16.4. The summed E-state index contributed by atoms with van der Waals surface area (Å²) in [4.78, 5) is 44.1. The number of terminal acetylenes is 1. The molecule has 0 heterocycles. The van der Waals surface area contributed by atoms with E-state index >= 15 is 0 Å². The third-order valence-corrected chi connectivity index (χ3v) is 9.10. The van der Waals surface area contributed by atoms with E-state index in [4.69, 9.17) is 6.42 Å². The Labute approximate surface area is 264 Å². The van der Waals surface area contributed by atoms with Crippen molar-refractivity contribution in [3.63, 3.8) is 0 Å². The Hall–Kier alpha value is -2.93. The largest absolute Gasteiger partial charge is 0.390 e. The van der Waals surface area contributed by atoms with Gasteiger partial charge in [-0.25, -0.2) is 0 Å². The van der Waals surface area contributed by atoms with E-state index in [1.54, 1.807) is 11.9 Å². The molecule has 2 fully saturated rings. The molecule has 3 rings (SSSR count). The molecule has 2 unspecified atom stereocenters. The van der Waals surface area contributed by atoms with Crippen molar-refractivity contribution in [3.05, 3.63) is 35.9 Å². The molecular formula is C35H54N4O5. The molecule has 1 aromatic carbocycles. The maximum Gasteiger partial charge on any atom is 0.243 e. The normalized spacial score (nSPS) is 18.8. The lowest BCUT2D eigenvalue weighted by Crippen LogP contribution is -2.56. The first-order chi connectivity index (χ1) is 21.1. The van der Waals surface area contributed by atoms with Crippen LogP contribution >= 0.6 is 0 Å². The summed E-state index contributed by atoms with van der Waals surface area (Å²) in [5.74, 6) is 1.51. The van der Waals surface area contributed by atoms with E-state index in [9.17, 15) is 24.6 Å². The van der Waals surface area contributed by atoms with Crippen LogP contribution in [0.1, 0.15) is 76.2 Å². The second-order valence-electron chi connectivity index (χ2n) is 13.3. The minimum Gasteiger partial charge on any atom is -0.390 e. The molecule has 9 heteroatoms. The number of carbonyl (C=O) groups excluding carboxylic acids is 3. The smallest absolute Gasteiger partial charge is 0.243 e. The fourth-order valence-corrected chi connectivity index (χ4v) is 6.07. The highest BCUT2D eigenvalue weighted by atomic mass is 16.3. The fourth-order valence-electron chi connectivity index (χ4n) is 6.07. The van der Waals surface area contributed by atoms with E-state index in [2.05, 4.69) is 16.6 Å². The van der Waals surface area contributed by atoms with Crippen LogP contribution in [0.5, 0.6) is 0 Å². The topological polar surface area (TPSA) is 122 Å². The number of aliphatic hydroxyl groups excluding tert-OH is 2. The number of hydrogen-bond acceptors (Lipinski definition) is 6. The number of nitrogens with one attached hydrogen (secondary N) is 2. The molecule has 9 nitrogen and oxygen atoms in total. The molecule has 5 atom stereocenters. The summed E-state index contributed by atoms with van der Waals surface area (Å²) < 4.78 is 0. The number of aliphatic hydroxyl groups is 2. The monoisotopic (exact) mass is 610 g/mol. The molecule has 244 valence electrons. The highest BCUT2D eigenvalue weighted by molar-refractivity contribution is 5.91. The lowest BCUT2D eigenvalue weighted by atomic mass is 9.82. The number of likely N-dealkylation sites (N-methyl/N-ethyl adjacent to an activating group) is 2. The first-order valence-corrected chi connectivity index (χ1v) is 16.4. The highest BCUT2D eigenvalue weighted by Gasteiger charge is 2.36. The molecule has 0 aromatic heterocycles. The summed E-state index contributed by atoms with van der Waals surface area (Å²) in [5, 5.41) is 27.8. The Morgan fingerprint density at radius 1 is 0.909 bits per heavy atom. The molecule has 2 aliphatic rings. The second kappa shape index (κ2) is 18.1. The van der Waals surface area contributed by atoms with Crippen molar-refractivity contribution in [1.29, 1.82) is 0 Å². The highest BCUT2D eigenvalue weighted by Crippen LogP contribution is 2.35. The van der Waals surface area contributed by atoms with Crippen molar-refractivity contribution in [2.24, 2.45) is 17.8 Å². The van der Waals surface area contributed by atoms with Gasteiger partial charge in [0.15, 0.2) is 0 Å². The molecule has 0 aliphatic heterocycles. The van der Waals surface area contributed by atoms with Gasteiger partial charge in [-0.3, -0.25) is 14.4 Å². The second-order valence-corrected chi connectivity index (χ2v) is 13.3. The molecule has 4 N–H and O–H groups in total. The molecule has 2 aliphatic carbocycles. The van der Waals surface area contributed by atoms with Gasteiger partial charge in [-0.15, -0.1) is 12.3 Å². The first kappa shape index (κ1) is 35.5. The Bertz CT molecular complexity index is 1080. The van der Waals surface area contributed by atoms with Crippen molar-refractivity contribution in [1.82, 2.24) is 20.4 Å². The molecule has 0 saturated heterocycles. The third-order valence-electron chi connectivity index (χ3n) is 9.10. The van der Waals surface area contributed by atoms with Gasteiger partial charge in [0.25, 0.3) is 0 Å². The van der Waals surface area contributed by atoms with E-state index in [0.717, 1.165) is 44.1 Å². The third kappa shape index (κ3) is 12.2. The predicted molar refractivity (Wildman–Crippen MR) is 172 cm³/mol. The van der Waals surface area contributed by atoms with Gasteiger partial charge < -0.3 is 30.6 Å². The summed E-state index contributed by atoms with van der Waals surface area (Å²) in [6.07, 6.45) is 12.6. The quantitative estimate of drug-likeness (QED) is 0.190. The summed E-state index contributed by atoms with van der Waals surface area (Å²) in [6, 6.07) is 7.81. The van der Waals surface area contributed by atoms with Gasteiger partial charge >= 0.3 is 0 Å². The lowest BCUT2D eigenvalue weighted by molar-refractivity contribution is -0.136. The molecule has 3 amide bonds. The van der Waals surface area contributed by atoms with Gasteiger partial charge in [0, 0.05) is 33.0 Å². The van der Waals surface area contributed by atoms with Crippen molar-refractivity contribution in [2.45, 2.75) is 101 Å². The zero-order chi connectivity index (χ0) is 32.1. The van der Waals surface area contributed by atoms with Crippen molar-refractivity contribution >= 4 is 17.7 Å². The number of nitrogens with zero attached hydrogens (tertiary/aromatic N) is 2. The number of carbonyl (C=O) groups is 3. The summed E-state index contributed by atoms with van der Waals surface area (Å²) in [5.41, 5.74) is 0.912. The number of benzene rings is 1. The van der Waals surface area contributed by atoms with Crippen LogP contribution in [-0.4, -0.2) is 96.3 Å². The van der Waals surface area contributed by atoms with Crippen LogP contribution in [0.4, 0.5) is 0 Å². The Morgan fingerprint density at radius 3 is 2.18 bits per heavy atom. The molecular weight excluding hydrogens is 556 g/mol. The van der Waals surface area contributed by atoms with E-state index in [1.807, 2.05) is 49.3 Å². The van der Waals surface area contributed by atoms with Gasteiger partial charge in [0.05, 0.1) is 18.1 Å². The van der Waals surface area contributed by atoms with E-state index in [0.29, 0.717) is 44.2 Å². The van der Waals surface area contributed by atoms with Gasteiger partial charge in [0.2, 0.25) is 17.7 Å². The van der Waals surface area contributed by atoms with Crippen LogP contribution in [0.25, 0.3) is 0 Å². The Balaban J connectivity index is 1.72. The van der Waals surface area contributed by atoms with Crippen molar-refractivity contribution < 1.29 is 24.6 Å². The fraction of sp³-hybridized carbons (Fsp3) is 0.686. The van der Waals surface area contributed by atoms with E-state index in [1.165, 1.54) is 6.42 Å². The number of hydrogen-bond donors (Lipinski definition) is 4. The van der Waals surface area contributed by atoms with E-state index < -0.39 is 42.0 Å². The van der Waals surface area contributed by atoms with Crippen molar-refractivity contribution in [2.75, 3.05) is 34.2 Å².